The molecule has 4 aromatic heterocycles. The zero-order valence-electron chi connectivity index (χ0n) is 13.2. The number of thiophene rings is 1. The molecule has 126 valence electrons. The van der Waals surface area contributed by atoms with E-state index in [9.17, 15) is 4.79 Å². The standard InChI is InChI=1S/C16H15N7OS/c24-15(13-7-12(21-22-13)14-4-2-6-25-14)17-5-1-3-11-8-18-16-19-10-20-23(16)9-11/h2,4,6-10H,1,3,5H2,(H,17,24)(H,21,22). The molecule has 0 aromatic carbocycles. The van der Waals surface area contributed by atoms with Crippen molar-refractivity contribution in [3.8, 4) is 10.6 Å². The maximum Gasteiger partial charge on any atom is 0.271 e. The van der Waals surface area contributed by atoms with Crippen molar-refractivity contribution in [2.75, 3.05) is 6.54 Å². The number of carbonyl (C=O) groups excluding carboxylic acids is 1. The summed E-state index contributed by atoms with van der Waals surface area (Å²) in [4.78, 5) is 21.4. The Labute approximate surface area is 146 Å². The number of carbonyl (C=O) groups is 1. The van der Waals surface area contributed by atoms with E-state index in [4.69, 9.17) is 0 Å². The van der Waals surface area contributed by atoms with Crippen LogP contribution in [-0.4, -0.2) is 42.2 Å². The zero-order chi connectivity index (χ0) is 17.1. The second kappa shape index (κ2) is 6.81. The van der Waals surface area contributed by atoms with Crippen molar-refractivity contribution in [3.63, 3.8) is 0 Å². The minimum Gasteiger partial charge on any atom is -0.351 e. The maximum atomic E-state index is 12.2. The van der Waals surface area contributed by atoms with Crippen LogP contribution in [0.2, 0.25) is 0 Å². The molecule has 0 spiro atoms. The number of H-pyrrole nitrogens is 1. The molecule has 9 heteroatoms. The van der Waals surface area contributed by atoms with Crippen LogP contribution in [0.3, 0.4) is 0 Å². The molecule has 4 rings (SSSR count). The van der Waals surface area contributed by atoms with E-state index in [0.29, 0.717) is 18.0 Å². The monoisotopic (exact) mass is 353 g/mol. The van der Waals surface area contributed by atoms with Crippen molar-refractivity contribution < 1.29 is 4.79 Å². The normalized spacial score (nSPS) is 11.0. The molecule has 2 N–H and O–H groups in total. The second-order valence-corrected chi connectivity index (χ2v) is 6.42. The van der Waals surface area contributed by atoms with E-state index >= 15 is 0 Å². The average Bonchev–Trinajstić information content (AvgIpc) is 3.38. The number of amides is 1. The first-order valence-electron chi connectivity index (χ1n) is 7.81. The Balaban J connectivity index is 1.28. The number of fused-ring (bicyclic) bond motifs is 1. The number of aryl methyl sites for hydroxylation is 1. The third-order valence-electron chi connectivity index (χ3n) is 3.71. The Morgan fingerprint density at radius 2 is 2.32 bits per heavy atom. The topological polar surface area (TPSA) is 101 Å². The van der Waals surface area contributed by atoms with Crippen molar-refractivity contribution in [3.05, 3.63) is 53.6 Å². The summed E-state index contributed by atoms with van der Waals surface area (Å²) in [7, 11) is 0. The first-order chi connectivity index (χ1) is 12.3. The van der Waals surface area contributed by atoms with Crippen LogP contribution >= 0.6 is 11.3 Å². The number of hydrogen-bond donors (Lipinski definition) is 2. The first kappa shape index (κ1) is 15.5. The van der Waals surface area contributed by atoms with Gasteiger partial charge in [-0.05, 0) is 35.9 Å². The molecule has 0 saturated carbocycles. The molecule has 0 bridgehead atoms. The number of aromatic nitrogens is 6. The van der Waals surface area contributed by atoms with Gasteiger partial charge in [-0.1, -0.05) is 6.07 Å². The molecule has 4 heterocycles. The van der Waals surface area contributed by atoms with Crippen molar-refractivity contribution in [1.82, 2.24) is 35.1 Å². The van der Waals surface area contributed by atoms with Crippen molar-refractivity contribution in [1.29, 1.82) is 0 Å². The van der Waals surface area contributed by atoms with E-state index in [2.05, 4.69) is 30.6 Å². The molecule has 0 aliphatic heterocycles. The summed E-state index contributed by atoms with van der Waals surface area (Å²) in [6, 6.07) is 5.72. The quantitative estimate of drug-likeness (QED) is 0.516. The molecular weight excluding hydrogens is 338 g/mol. The number of rotatable bonds is 6. The SMILES string of the molecule is O=C(NCCCc1cnc2ncnn2c1)c1cc(-c2cccs2)[nH]n1. The minimum atomic E-state index is -0.177. The molecule has 25 heavy (non-hydrogen) atoms. The van der Waals surface area contributed by atoms with Crippen LogP contribution in [0.15, 0.2) is 42.3 Å². The van der Waals surface area contributed by atoms with E-state index < -0.39 is 0 Å². The third-order valence-corrected chi connectivity index (χ3v) is 4.62. The number of hydrogen-bond acceptors (Lipinski definition) is 6. The van der Waals surface area contributed by atoms with E-state index in [-0.39, 0.29) is 5.91 Å². The Hall–Kier alpha value is -3.07. The number of aromatic amines is 1. The summed E-state index contributed by atoms with van der Waals surface area (Å²) >= 11 is 1.60. The summed E-state index contributed by atoms with van der Waals surface area (Å²) in [6.45, 7) is 0.565. The van der Waals surface area contributed by atoms with Crippen LogP contribution in [0.4, 0.5) is 0 Å². The highest BCUT2D eigenvalue weighted by Crippen LogP contribution is 2.22. The molecule has 0 aliphatic carbocycles. The Kier molecular flexibility index (Phi) is 4.21. The summed E-state index contributed by atoms with van der Waals surface area (Å²) in [5.74, 6) is 0.404. The van der Waals surface area contributed by atoms with Crippen LogP contribution in [0.25, 0.3) is 16.3 Å². The van der Waals surface area contributed by atoms with Gasteiger partial charge in [0, 0.05) is 18.9 Å². The van der Waals surface area contributed by atoms with Gasteiger partial charge in [0.2, 0.25) is 0 Å². The van der Waals surface area contributed by atoms with E-state index in [1.165, 1.54) is 6.33 Å². The lowest BCUT2D eigenvalue weighted by molar-refractivity contribution is 0.0948. The molecule has 0 fully saturated rings. The summed E-state index contributed by atoms with van der Waals surface area (Å²) in [5, 5.41) is 15.9. The van der Waals surface area contributed by atoms with Crippen LogP contribution in [-0.2, 0) is 6.42 Å². The van der Waals surface area contributed by atoms with Gasteiger partial charge in [-0.2, -0.15) is 15.2 Å². The minimum absolute atomic E-state index is 0.177. The Morgan fingerprint density at radius 3 is 3.20 bits per heavy atom. The summed E-state index contributed by atoms with van der Waals surface area (Å²) < 4.78 is 1.64. The maximum absolute atomic E-state index is 12.2. The molecule has 1 amide bonds. The molecule has 8 nitrogen and oxygen atoms in total. The lowest BCUT2D eigenvalue weighted by atomic mass is 10.2. The van der Waals surface area contributed by atoms with Gasteiger partial charge in [0.05, 0.1) is 10.6 Å². The highest BCUT2D eigenvalue weighted by atomic mass is 32.1. The molecule has 4 aromatic rings. The molecule has 0 aliphatic rings. The van der Waals surface area contributed by atoms with Crippen LogP contribution in [0.5, 0.6) is 0 Å². The lowest BCUT2D eigenvalue weighted by Crippen LogP contribution is -2.25. The summed E-state index contributed by atoms with van der Waals surface area (Å²) in [6.07, 6.45) is 6.76. The van der Waals surface area contributed by atoms with Gasteiger partial charge >= 0.3 is 0 Å². The highest BCUT2D eigenvalue weighted by molar-refractivity contribution is 7.13. The molecule has 0 unspecified atom stereocenters. The van der Waals surface area contributed by atoms with Gasteiger partial charge in [0.25, 0.3) is 11.7 Å². The largest absolute Gasteiger partial charge is 0.351 e. The van der Waals surface area contributed by atoms with E-state index in [1.807, 2.05) is 23.7 Å². The van der Waals surface area contributed by atoms with Gasteiger partial charge in [-0.15, -0.1) is 11.3 Å². The van der Waals surface area contributed by atoms with Gasteiger partial charge < -0.3 is 5.32 Å². The van der Waals surface area contributed by atoms with Crippen molar-refractivity contribution in [2.45, 2.75) is 12.8 Å². The van der Waals surface area contributed by atoms with Crippen LogP contribution in [0, 0.1) is 0 Å². The molecular formula is C16H15N7OS. The first-order valence-corrected chi connectivity index (χ1v) is 8.69. The van der Waals surface area contributed by atoms with Crippen molar-refractivity contribution in [2.24, 2.45) is 0 Å². The highest BCUT2D eigenvalue weighted by Gasteiger charge is 2.11. The number of nitrogens with zero attached hydrogens (tertiary/aromatic N) is 5. The van der Waals surface area contributed by atoms with Crippen molar-refractivity contribution >= 4 is 23.0 Å². The van der Waals surface area contributed by atoms with Crippen LogP contribution in [0.1, 0.15) is 22.5 Å². The molecule has 0 radical (unpaired) electrons. The molecule has 0 atom stereocenters. The Bertz CT molecular complexity index is 989. The second-order valence-electron chi connectivity index (χ2n) is 5.47. The smallest absolute Gasteiger partial charge is 0.271 e. The predicted octanol–water partition coefficient (Wildman–Crippen LogP) is 1.94. The van der Waals surface area contributed by atoms with E-state index in [1.54, 1.807) is 28.1 Å². The van der Waals surface area contributed by atoms with Gasteiger partial charge in [-0.3, -0.25) is 9.89 Å². The van der Waals surface area contributed by atoms with E-state index in [0.717, 1.165) is 29.0 Å². The lowest BCUT2D eigenvalue weighted by Gasteiger charge is -2.03. The van der Waals surface area contributed by atoms with Gasteiger partial charge in [-0.25, -0.2) is 9.50 Å². The average molecular weight is 353 g/mol. The molecule has 0 saturated heterocycles. The Morgan fingerprint density at radius 1 is 1.36 bits per heavy atom. The fourth-order valence-electron chi connectivity index (χ4n) is 2.47. The predicted molar refractivity (Wildman–Crippen MR) is 93.3 cm³/mol. The van der Waals surface area contributed by atoms with Gasteiger partial charge in [0.15, 0.2) is 5.69 Å². The summed E-state index contributed by atoms with van der Waals surface area (Å²) in [5.41, 5.74) is 2.30. The fourth-order valence-corrected chi connectivity index (χ4v) is 3.16. The fraction of sp³-hybridized carbons (Fsp3) is 0.188. The zero-order valence-corrected chi connectivity index (χ0v) is 14.0. The number of nitrogens with one attached hydrogen (secondary N) is 2. The van der Waals surface area contributed by atoms with Gasteiger partial charge in [0.1, 0.15) is 6.33 Å². The third kappa shape index (κ3) is 3.41. The van der Waals surface area contributed by atoms with Crippen LogP contribution < -0.4 is 5.32 Å².